The fourth-order valence-corrected chi connectivity index (χ4v) is 4.15. The number of ether oxygens (including phenoxy) is 2. The highest BCUT2D eigenvalue weighted by Gasteiger charge is 2.44. The van der Waals surface area contributed by atoms with Gasteiger partial charge in [-0.1, -0.05) is 48.5 Å². The minimum absolute atomic E-state index is 0.0316. The number of hydrogen-bond donors (Lipinski definition) is 2. The van der Waals surface area contributed by atoms with Gasteiger partial charge in [-0.2, -0.15) is 0 Å². The number of fused-ring (bicyclic) bond motifs is 3. The van der Waals surface area contributed by atoms with Crippen molar-refractivity contribution in [2.24, 2.45) is 5.73 Å². The Balaban J connectivity index is 1.39. The smallest absolute Gasteiger partial charge is 0.337 e. The number of benzene rings is 3. The van der Waals surface area contributed by atoms with Gasteiger partial charge in [0.25, 0.3) is 0 Å². The molecule has 3 aromatic rings. The van der Waals surface area contributed by atoms with Gasteiger partial charge in [0, 0.05) is 12.0 Å². The Morgan fingerprint density at radius 1 is 0.971 bits per heavy atom. The summed E-state index contributed by atoms with van der Waals surface area (Å²) >= 11 is 0. The maximum atomic E-state index is 13.7. The second-order valence-corrected chi connectivity index (χ2v) is 8.13. The number of esters is 1. The second-order valence-electron chi connectivity index (χ2n) is 8.13. The van der Waals surface area contributed by atoms with Crippen LogP contribution in [0, 0.1) is 11.6 Å². The summed E-state index contributed by atoms with van der Waals surface area (Å²) in [6.45, 7) is -0.179. The van der Waals surface area contributed by atoms with E-state index in [1.807, 2.05) is 48.5 Å². The SMILES string of the molecule is N[C@@](CCCOc1ccc(F)cc1F)(C(=O)O)C(=O)OCC1c2ccccc2-c2ccccc21. The normalized spacial score (nSPS) is 14.1. The van der Waals surface area contributed by atoms with E-state index in [1.165, 1.54) is 0 Å². The lowest BCUT2D eigenvalue weighted by Crippen LogP contribution is -2.56. The van der Waals surface area contributed by atoms with Crippen LogP contribution in [0.4, 0.5) is 8.78 Å². The van der Waals surface area contributed by atoms with Crippen molar-refractivity contribution in [2.45, 2.75) is 24.3 Å². The first kappa shape index (κ1) is 23.4. The van der Waals surface area contributed by atoms with Crippen molar-refractivity contribution in [1.29, 1.82) is 0 Å². The van der Waals surface area contributed by atoms with Gasteiger partial charge in [0.2, 0.25) is 5.54 Å². The monoisotopic (exact) mass is 467 g/mol. The van der Waals surface area contributed by atoms with Crippen LogP contribution in [0.25, 0.3) is 11.1 Å². The molecule has 1 aliphatic carbocycles. The number of carbonyl (C=O) groups excluding carboxylic acids is 1. The predicted molar refractivity (Wildman–Crippen MR) is 120 cm³/mol. The third-order valence-electron chi connectivity index (χ3n) is 5.96. The zero-order chi connectivity index (χ0) is 24.3. The molecule has 0 spiro atoms. The molecule has 8 heteroatoms. The molecule has 0 heterocycles. The molecule has 1 atom stereocenters. The van der Waals surface area contributed by atoms with Crippen LogP contribution in [0.15, 0.2) is 66.7 Å². The van der Waals surface area contributed by atoms with E-state index in [1.54, 1.807) is 0 Å². The summed E-state index contributed by atoms with van der Waals surface area (Å²) in [6, 6.07) is 18.4. The van der Waals surface area contributed by atoms with Gasteiger partial charge >= 0.3 is 11.9 Å². The molecule has 176 valence electrons. The largest absolute Gasteiger partial charge is 0.491 e. The van der Waals surface area contributed by atoms with Gasteiger partial charge in [-0.25, -0.2) is 18.4 Å². The zero-order valence-corrected chi connectivity index (χ0v) is 18.2. The van der Waals surface area contributed by atoms with Crippen LogP contribution in [0.2, 0.25) is 0 Å². The molecule has 1 aliphatic rings. The van der Waals surface area contributed by atoms with Crippen molar-refractivity contribution in [3.8, 4) is 16.9 Å². The van der Waals surface area contributed by atoms with Gasteiger partial charge in [-0.05, 0) is 47.2 Å². The standard InChI is InChI=1S/C26H23F2NO5/c27-16-10-11-23(22(28)14-16)33-13-5-12-26(29,24(30)31)25(32)34-15-21-19-8-3-1-6-17(19)18-7-2-4-9-20(18)21/h1-4,6-11,14,21H,5,12-13,15,29H2,(H,30,31)/t26-/m0/s1. The van der Waals surface area contributed by atoms with Gasteiger partial charge in [0.05, 0.1) is 6.61 Å². The third-order valence-corrected chi connectivity index (χ3v) is 5.96. The number of hydrogen-bond acceptors (Lipinski definition) is 5. The molecular weight excluding hydrogens is 444 g/mol. The van der Waals surface area contributed by atoms with Crippen LogP contribution in [0.3, 0.4) is 0 Å². The number of rotatable bonds is 9. The number of nitrogens with two attached hydrogens (primary N) is 1. The highest BCUT2D eigenvalue weighted by Crippen LogP contribution is 2.44. The molecule has 0 saturated heterocycles. The van der Waals surface area contributed by atoms with Gasteiger partial charge < -0.3 is 20.3 Å². The van der Waals surface area contributed by atoms with Gasteiger partial charge in [-0.3, -0.25) is 0 Å². The molecule has 0 bridgehead atoms. The number of carboxylic acids is 1. The Bertz CT molecular complexity index is 1190. The molecule has 4 rings (SSSR count). The summed E-state index contributed by atoms with van der Waals surface area (Å²) in [7, 11) is 0. The van der Waals surface area contributed by atoms with E-state index < -0.39 is 29.1 Å². The first-order valence-corrected chi connectivity index (χ1v) is 10.8. The van der Waals surface area contributed by atoms with E-state index in [0.717, 1.165) is 34.4 Å². The van der Waals surface area contributed by atoms with E-state index >= 15 is 0 Å². The average molecular weight is 467 g/mol. The van der Waals surface area contributed by atoms with Crippen LogP contribution in [0.1, 0.15) is 29.9 Å². The lowest BCUT2D eigenvalue weighted by Gasteiger charge is -2.24. The molecule has 3 aromatic carbocycles. The zero-order valence-electron chi connectivity index (χ0n) is 18.2. The third kappa shape index (κ3) is 4.49. The van der Waals surface area contributed by atoms with Crippen LogP contribution in [-0.4, -0.2) is 35.8 Å². The van der Waals surface area contributed by atoms with Crippen molar-refractivity contribution in [3.05, 3.63) is 89.5 Å². The Kier molecular flexibility index (Phi) is 6.61. The second kappa shape index (κ2) is 9.61. The number of halogens is 2. The van der Waals surface area contributed by atoms with Gasteiger partial charge in [-0.15, -0.1) is 0 Å². The molecule has 0 fully saturated rings. The lowest BCUT2D eigenvalue weighted by atomic mass is 9.94. The predicted octanol–water partition coefficient (Wildman–Crippen LogP) is 4.26. The van der Waals surface area contributed by atoms with Crippen molar-refractivity contribution in [1.82, 2.24) is 0 Å². The molecule has 0 aliphatic heterocycles. The van der Waals surface area contributed by atoms with E-state index in [-0.39, 0.29) is 37.7 Å². The first-order valence-electron chi connectivity index (χ1n) is 10.8. The highest BCUT2D eigenvalue weighted by atomic mass is 19.1. The fraction of sp³-hybridized carbons (Fsp3) is 0.231. The van der Waals surface area contributed by atoms with Crippen LogP contribution in [-0.2, 0) is 14.3 Å². The maximum Gasteiger partial charge on any atom is 0.337 e. The van der Waals surface area contributed by atoms with Gasteiger partial charge in [0.1, 0.15) is 12.4 Å². The molecule has 0 amide bonds. The van der Waals surface area contributed by atoms with Crippen molar-refractivity contribution < 1.29 is 33.0 Å². The maximum absolute atomic E-state index is 13.7. The number of carbonyl (C=O) groups is 2. The molecule has 0 aromatic heterocycles. The van der Waals surface area contributed by atoms with Gasteiger partial charge in [0.15, 0.2) is 11.6 Å². The summed E-state index contributed by atoms with van der Waals surface area (Å²) in [5, 5.41) is 9.63. The van der Waals surface area contributed by atoms with E-state index in [2.05, 4.69) is 0 Å². The number of carboxylic acid groups (broad SMARTS) is 1. The minimum Gasteiger partial charge on any atom is -0.491 e. The summed E-state index contributed by atoms with van der Waals surface area (Å²) in [6.07, 6.45) is -0.258. The molecule has 34 heavy (non-hydrogen) atoms. The summed E-state index contributed by atoms with van der Waals surface area (Å²) < 4.78 is 37.3. The summed E-state index contributed by atoms with van der Waals surface area (Å²) in [5.74, 6) is -4.63. The lowest BCUT2D eigenvalue weighted by molar-refractivity contribution is -0.161. The number of aliphatic carboxylic acids is 1. The first-order chi connectivity index (χ1) is 16.3. The van der Waals surface area contributed by atoms with Crippen molar-refractivity contribution >= 4 is 11.9 Å². The Labute approximate surface area is 194 Å². The minimum atomic E-state index is -2.29. The Hall–Kier alpha value is -3.78. The fourth-order valence-electron chi connectivity index (χ4n) is 4.15. The van der Waals surface area contributed by atoms with Crippen molar-refractivity contribution in [2.75, 3.05) is 13.2 Å². The Morgan fingerprint density at radius 2 is 1.59 bits per heavy atom. The average Bonchev–Trinajstić information content (AvgIpc) is 3.14. The topological polar surface area (TPSA) is 98.9 Å². The molecule has 6 nitrogen and oxygen atoms in total. The molecule has 0 radical (unpaired) electrons. The van der Waals surface area contributed by atoms with Crippen molar-refractivity contribution in [3.63, 3.8) is 0 Å². The van der Waals surface area contributed by atoms with E-state index in [4.69, 9.17) is 15.2 Å². The molecule has 0 saturated carbocycles. The quantitative estimate of drug-likeness (QED) is 0.277. The summed E-state index contributed by atoms with van der Waals surface area (Å²) in [4.78, 5) is 24.6. The van der Waals surface area contributed by atoms with Crippen LogP contribution >= 0.6 is 0 Å². The van der Waals surface area contributed by atoms with Crippen LogP contribution < -0.4 is 10.5 Å². The highest BCUT2D eigenvalue weighted by molar-refractivity contribution is 6.03. The molecular formula is C26H23F2NO5. The molecule has 3 N–H and O–H groups in total. The Morgan fingerprint density at radius 3 is 2.18 bits per heavy atom. The van der Waals surface area contributed by atoms with Crippen LogP contribution in [0.5, 0.6) is 5.75 Å². The van der Waals surface area contributed by atoms with E-state index in [0.29, 0.717) is 6.07 Å². The summed E-state index contributed by atoms with van der Waals surface area (Å²) in [5.41, 5.74) is 7.71. The van der Waals surface area contributed by atoms with E-state index in [9.17, 15) is 23.5 Å². The molecule has 0 unspecified atom stereocenters.